The largest absolute Gasteiger partial charge is 0.497 e. The average Bonchev–Trinajstić information content (AvgIpc) is 2.59. The van der Waals surface area contributed by atoms with E-state index >= 15 is 0 Å². The highest BCUT2D eigenvalue weighted by atomic mass is 127. The van der Waals surface area contributed by atoms with Crippen molar-refractivity contribution in [2.75, 3.05) is 33.8 Å². The fourth-order valence-corrected chi connectivity index (χ4v) is 2.17. The Labute approximate surface area is 168 Å². The zero-order valence-corrected chi connectivity index (χ0v) is 18.0. The van der Waals surface area contributed by atoms with Crippen LogP contribution >= 0.6 is 24.0 Å². The highest BCUT2D eigenvalue weighted by molar-refractivity contribution is 14.0. The van der Waals surface area contributed by atoms with Gasteiger partial charge in [0.2, 0.25) is 5.91 Å². The van der Waals surface area contributed by atoms with Crippen molar-refractivity contribution in [1.29, 1.82) is 0 Å². The number of benzene rings is 1. The van der Waals surface area contributed by atoms with Crippen molar-refractivity contribution in [1.82, 2.24) is 15.5 Å². The summed E-state index contributed by atoms with van der Waals surface area (Å²) in [6.07, 6.45) is 1.35. The van der Waals surface area contributed by atoms with Crippen LogP contribution in [0.1, 0.15) is 32.3 Å². The van der Waals surface area contributed by atoms with Crippen LogP contribution in [0, 0.1) is 0 Å². The molecule has 0 aliphatic carbocycles. The molecular formula is C18H31IN4O2. The maximum absolute atomic E-state index is 11.6. The molecule has 7 heteroatoms. The average molecular weight is 462 g/mol. The zero-order chi connectivity index (χ0) is 17.8. The molecule has 2 N–H and O–H groups in total. The van der Waals surface area contributed by atoms with Crippen LogP contribution in [0.4, 0.5) is 0 Å². The first kappa shape index (κ1) is 23.5. The van der Waals surface area contributed by atoms with Crippen LogP contribution in [-0.2, 0) is 11.3 Å². The molecular weight excluding hydrogens is 431 g/mol. The molecule has 0 heterocycles. The van der Waals surface area contributed by atoms with Crippen LogP contribution in [0.15, 0.2) is 29.3 Å². The van der Waals surface area contributed by atoms with Crippen LogP contribution in [0.5, 0.6) is 5.75 Å². The van der Waals surface area contributed by atoms with Gasteiger partial charge >= 0.3 is 0 Å². The number of hydrogen-bond acceptors (Lipinski definition) is 3. The van der Waals surface area contributed by atoms with Gasteiger partial charge in [-0.15, -0.1) is 24.0 Å². The summed E-state index contributed by atoms with van der Waals surface area (Å²) in [6, 6.07) is 7.98. The lowest BCUT2D eigenvalue weighted by molar-refractivity contribution is -0.120. The maximum atomic E-state index is 11.6. The Hall–Kier alpha value is -1.51. The predicted molar refractivity (Wildman–Crippen MR) is 114 cm³/mol. The van der Waals surface area contributed by atoms with Gasteiger partial charge in [-0.05, 0) is 31.0 Å². The molecule has 142 valence electrons. The third kappa shape index (κ3) is 9.52. The van der Waals surface area contributed by atoms with Gasteiger partial charge in [-0.25, -0.2) is 0 Å². The van der Waals surface area contributed by atoms with Crippen molar-refractivity contribution in [2.24, 2.45) is 4.99 Å². The summed E-state index contributed by atoms with van der Waals surface area (Å²) in [7, 11) is 3.65. The second-order valence-electron chi connectivity index (χ2n) is 5.54. The molecule has 0 saturated heterocycles. The van der Waals surface area contributed by atoms with E-state index in [0.29, 0.717) is 13.0 Å². The van der Waals surface area contributed by atoms with Crippen LogP contribution in [-0.4, -0.2) is 50.6 Å². The molecule has 0 atom stereocenters. The predicted octanol–water partition coefficient (Wildman–Crippen LogP) is 2.63. The number of methoxy groups -OCH3 is 1. The maximum Gasteiger partial charge on any atom is 0.221 e. The zero-order valence-electron chi connectivity index (χ0n) is 15.7. The van der Waals surface area contributed by atoms with Crippen molar-refractivity contribution >= 4 is 35.8 Å². The lowest BCUT2D eigenvalue weighted by Crippen LogP contribution is -2.38. The smallest absolute Gasteiger partial charge is 0.221 e. The van der Waals surface area contributed by atoms with E-state index in [1.54, 1.807) is 7.11 Å². The van der Waals surface area contributed by atoms with E-state index < -0.39 is 0 Å². The highest BCUT2D eigenvalue weighted by Gasteiger charge is 2.07. The van der Waals surface area contributed by atoms with Crippen LogP contribution < -0.4 is 15.4 Å². The molecule has 0 unspecified atom stereocenters. The van der Waals surface area contributed by atoms with E-state index in [2.05, 4.69) is 20.5 Å². The second kappa shape index (κ2) is 13.7. The number of hydrogen-bond donors (Lipinski definition) is 2. The molecule has 0 saturated carbocycles. The van der Waals surface area contributed by atoms with E-state index in [1.165, 1.54) is 5.56 Å². The molecule has 0 aliphatic heterocycles. The van der Waals surface area contributed by atoms with Gasteiger partial charge in [0.05, 0.1) is 13.7 Å². The number of carbonyl (C=O) groups is 1. The fraction of sp³-hybridized carbons (Fsp3) is 0.556. The number of carbonyl (C=O) groups excluding carboxylic acids is 1. The number of nitrogens with zero attached hydrogens (tertiary/aromatic N) is 2. The Morgan fingerprint density at radius 2 is 1.88 bits per heavy atom. The number of halogens is 1. The van der Waals surface area contributed by atoms with Crippen LogP contribution in [0.2, 0.25) is 0 Å². The van der Waals surface area contributed by atoms with Crippen LogP contribution in [0.3, 0.4) is 0 Å². The van der Waals surface area contributed by atoms with Gasteiger partial charge in [-0.2, -0.15) is 0 Å². The molecule has 0 fully saturated rings. The minimum absolute atomic E-state index is 0. The van der Waals surface area contributed by atoms with Gasteiger partial charge in [-0.3, -0.25) is 9.79 Å². The molecule has 0 radical (unpaired) electrons. The minimum atomic E-state index is 0. The first-order valence-electron chi connectivity index (χ1n) is 8.49. The third-order valence-corrected chi connectivity index (χ3v) is 3.45. The Morgan fingerprint density at radius 1 is 1.20 bits per heavy atom. The number of guanidine groups is 1. The number of aliphatic imine (C=N–C) groups is 1. The normalized spacial score (nSPS) is 10.6. The second-order valence-corrected chi connectivity index (χ2v) is 5.54. The van der Waals surface area contributed by atoms with Gasteiger partial charge < -0.3 is 20.3 Å². The van der Waals surface area contributed by atoms with E-state index in [4.69, 9.17) is 4.74 Å². The Bertz CT molecular complexity index is 520. The van der Waals surface area contributed by atoms with Crippen molar-refractivity contribution in [2.45, 2.75) is 33.2 Å². The lowest BCUT2D eigenvalue weighted by Gasteiger charge is -2.22. The van der Waals surface area contributed by atoms with Crippen molar-refractivity contribution in [3.05, 3.63) is 29.8 Å². The van der Waals surface area contributed by atoms with Crippen molar-refractivity contribution in [3.8, 4) is 5.75 Å². The first-order chi connectivity index (χ1) is 11.6. The van der Waals surface area contributed by atoms with E-state index in [-0.39, 0.29) is 29.9 Å². The summed E-state index contributed by atoms with van der Waals surface area (Å²) in [5.74, 6) is 1.70. The third-order valence-electron chi connectivity index (χ3n) is 3.45. The number of rotatable bonds is 9. The molecule has 1 rings (SSSR count). The summed E-state index contributed by atoms with van der Waals surface area (Å²) < 4.78 is 5.18. The number of amides is 1. The SMILES string of the molecule is CCCNC(=O)CCN=C(NCC)N(C)Cc1ccc(OC)cc1.I. The number of ether oxygens (including phenoxy) is 1. The lowest BCUT2D eigenvalue weighted by atomic mass is 10.2. The Morgan fingerprint density at radius 3 is 2.44 bits per heavy atom. The number of nitrogens with one attached hydrogen (secondary N) is 2. The fourth-order valence-electron chi connectivity index (χ4n) is 2.17. The topological polar surface area (TPSA) is 66.0 Å². The van der Waals surface area contributed by atoms with Crippen LogP contribution in [0.25, 0.3) is 0 Å². The van der Waals surface area contributed by atoms with Gasteiger partial charge in [0, 0.05) is 33.1 Å². The Balaban J connectivity index is 0.00000576. The van der Waals surface area contributed by atoms with E-state index in [1.807, 2.05) is 45.2 Å². The summed E-state index contributed by atoms with van der Waals surface area (Å²) in [6.45, 7) is 6.79. The van der Waals surface area contributed by atoms with E-state index in [0.717, 1.165) is 37.8 Å². The monoisotopic (exact) mass is 462 g/mol. The van der Waals surface area contributed by atoms with Gasteiger partial charge in [-0.1, -0.05) is 19.1 Å². The molecule has 0 spiro atoms. The highest BCUT2D eigenvalue weighted by Crippen LogP contribution is 2.12. The molecule has 6 nitrogen and oxygen atoms in total. The Kier molecular flexibility index (Phi) is 12.9. The summed E-state index contributed by atoms with van der Waals surface area (Å²) in [5, 5.41) is 6.13. The molecule has 1 amide bonds. The van der Waals surface area contributed by atoms with Crippen molar-refractivity contribution < 1.29 is 9.53 Å². The van der Waals surface area contributed by atoms with E-state index in [9.17, 15) is 4.79 Å². The first-order valence-corrected chi connectivity index (χ1v) is 8.49. The molecule has 0 bridgehead atoms. The summed E-state index contributed by atoms with van der Waals surface area (Å²) in [5.41, 5.74) is 1.17. The van der Waals surface area contributed by atoms with Gasteiger partial charge in [0.15, 0.2) is 5.96 Å². The molecule has 1 aromatic rings. The van der Waals surface area contributed by atoms with Crippen molar-refractivity contribution in [3.63, 3.8) is 0 Å². The standard InChI is InChI=1S/C18H30N4O2.HI/c1-5-12-20-17(23)11-13-21-18(19-6-2)22(3)14-15-7-9-16(24-4)10-8-15;/h7-10H,5-6,11-14H2,1-4H3,(H,19,21)(H,20,23);1H. The molecule has 25 heavy (non-hydrogen) atoms. The summed E-state index contributed by atoms with van der Waals surface area (Å²) in [4.78, 5) is 18.2. The quantitative estimate of drug-likeness (QED) is 0.337. The molecule has 0 aromatic heterocycles. The summed E-state index contributed by atoms with van der Waals surface area (Å²) >= 11 is 0. The molecule has 1 aromatic carbocycles. The molecule has 0 aliphatic rings. The van der Waals surface area contributed by atoms with Gasteiger partial charge in [0.25, 0.3) is 0 Å². The minimum Gasteiger partial charge on any atom is -0.497 e. The van der Waals surface area contributed by atoms with Gasteiger partial charge in [0.1, 0.15) is 5.75 Å².